The van der Waals surface area contributed by atoms with Crippen LogP contribution in [-0.2, 0) is 32.5 Å². The number of ether oxygens (including phenoxy) is 2. The first kappa shape index (κ1) is 23.2. The minimum Gasteiger partial charge on any atom is -0.496 e. The fourth-order valence-electron chi connectivity index (χ4n) is 4.32. The van der Waals surface area contributed by atoms with Crippen LogP contribution >= 0.6 is 0 Å². The van der Waals surface area contributed by atoms with Gasteiger partial charge in [0.1, 0.15) is 5.75 Å². The second kappa shape index (κ2) is 9.80. The number of methoxy groups -OCH3 is 2. The van der Waals surface area contributed by atoms with E-state index >= 15 is 0 Å². The van der Waals surface area contributed by atoms with Gasteiger partial charge in [-0.2, -0.15) is 8.42 Å². The molecule has 31 heavy (non-hydrogen) atoms. The van der Waals surface area contributed by atoms with Gasteiger partial charge in [-0.05, 0) is 61.4 Å². The van der Waals surface area contributed by atoms with Gasteiger partial charge in [0.15, 0.2) is 0 Å². The van der Waals surface area contributed by atoms with Crippen LogP contribution in [0.3, 0.4) is 0 Å². The lowest BCUT2D eigenvalue weighted by Gasteiger charge is -2.40. The average Bonchev–Trinajstić information content (AvgIpc) is 2.76. The predicted molar refractivity (Wildman–Crippen MR) is 117 cm³/mol. The Morgan fingerprint density at radius 3 is 2.42 bits per heavy atom. The molecule has 1 saturated heterocycles. The maximum absolute atomic E-state index is 11.7. The van der Waals surface area contributed by atoms with Crippen LogP contribution in [0.4, 0.5) is 0 Å². The standard InChI is InChI=1S/C16H21NO3.C7H8O3S/c1-19-15-5-3-4-10-8-14-11(7-13(10)15)6-12(9-17-14)16(18)20-2;1-6-2-4-7(5-3-6)11(8,9)10/h3-5,11-12,14,17H,6-9H2,1-2H3;2-5H,1H3,(H,8,9,10)/t11-,12?,14-;/m1./s1. The molecule has 7 nitrogen and oxygen atoms in total. The molecule has 0 amide bonds. The Kier molecular flexibility index (Phi) is 7.35. The van der Waals surface area contributed by atoms with Crippen LogP contribution in [0.1, 0.15) is 23.1 Å². The summed E-state index contributed by atoms with van der Waals surface area (Å²) in [5.41, 5.74) is 3.63. The molecule has 4 rings (SSSR count). The smallest absolute Gasteiger partial charge is 0.309 e. The summed E-state index contributed by atoms with van der Waals surface area (Å²) < 4.78 is 39.9. The van der Waals surface area contributed by atoms with Crippen molar-refractivity contribution in [3.8, 4) is 5.75 Å². The van der Waals surface area contributed by atoms with Gasteiger partial charge in [0.05, 0.1) is 25.0 Å². The molecule has 1 aliphatic carbocycles. The summed E-state index contributed by atoms with van der Waals surface area (Å²) in [4.78, 5) is 11.7. The lowest BCUT2D eigenvalue weighted by atomic mass is 9.73. The van der Waals surface area contributed by atoms with Crippen LogP contribution in [0.2, 0.25) is 0 Å². The van der Waals surface area contributed by atoms with E-state index in [0.29, 0.717) is 12.0 Å². The zero-order valence-electron chi connectivity index (χ0n) is 18.0. The molecular weight excluding hydrogens is 418 g/mol. The van der Waals surface area contributed by atoms with Gasteiger partial charge in [0, 0.05) is 12.6 Å². The van der Waals surface area contributed by atoms with Crippen molar-refractivity contribution in [2.75, 3.05) is 20.8 Å². The molecule has 1 aliphatic heterocycles. The first-order valence-electron chi connectivity index (χ1n) is 10.2. The number of hydrogen-bond acceptors (Lipinski definition) is 6. The summed E-state index contributed by atoms with van der Waals surface area (Å²) in [6.45, 7) is 2.57. The number of nitrogens with one attached hydrogen (secondary N) is 1. The van der Waals surface area contributed by atoms with Crippen molar-refractivity contribution in [1.82, 2.24) is 5.32 Å². The molecule has 2 aromatic rings. The molecule has 0 saturated carbocycles. The molecule has 2 N–H and O–H groups in total. The number of piperidine rings is 1. The van der Waals surface area contributed by atoms with Gasteiger partial charge in [0.25, 0.3) is 10.1 Å². The molecule has 1 fully saturated rings. The van der Waals surface area contributed by atoms with Gasteiger partial charge in [0.2, 0.25) is 0 Å². The number of esters is 1. The molecule has 3 atom stereocenters. The van der Waals surface area contributed by atoms with Crippen molar-refractivity contribution in [3.05, 3.63) is 59.2 Å². The molecule has 1 unspecified atom stereocenters. The minimum atomic E-state index is -4.02. The normalized spacial score (nSPS) is 22.3. The zero-order valence-corrected chi connectivity index (χ0v) is 18.8. The van der Waals surface area contributed by atoms with E-state index in [1.54, 1.807) is 19.2 Å². The van der Waals surface area contributed by atoms with Crippen molar-refractivity contribution in [3.63, 3.8) is 0 Å². The molecule has 2 aromatic carbocycles. The van der Waals surface area contributed by atoms with Gasteiger partial charge in [-0.3, -0.25) is 9.35 Å². The summed E-state index contributed by atoms with van der Waals surface area (Å²) in [6.07, 6.45) is 2.90. The highest BCUT2D eigenvalue weighted by Gasteiger charge is 2.37. The number of fused-ring (bicyclic) bond motifs is 2. The Morgan fingerprint density at radius 1 is 1.10 bits per heavy atom. The summed E-state index contributed by atoms with van der Waals surface area (Å²) in [5.74, 6) is 1.34. The Hall–Kier alpha value is -2.42. The van der Waals surface area contributed by atoms with Crippen molar-refractivity contribution in [2.24, 2.45) is 11.8 Å². The van der Waals surface area contributed by atoms with Crippen LogP contribution in [0.25, 0.3) is 0 Å². The molecule has 0 aromatic heterocycles. The largest absolute Gasteiger partial charge is 0.496 e. The second-order valence-electron chi connectivity index (χ2n) is 8.02. The van der Waals surface area contributed by atoms with Crippen LogP contribution in [0.5, 0.6) is 5.75 Å². The fourth-order valence-corrected chi connectivity index (χ4v) is 4.80. The van der Waals surface area contributed by atoms with Gasteiger partial charge in [-0.25, -0.2) is 0 Å². The van der Waals surface area contributed by atoms with Gasteiger partial charge < -0.3 is 14.8 Å². The number of carbonyl (C=O) groups is 1. The maximum Gasteiger partial charge on any atom is 0.309 e. The topological polar surface area (TPSA) is 102 Å². The Morgan fingerprint density at radius 2 is 1.81 bits per heavy atom. The van der Waals surface area contributed by atoms with Gasteiger partial charge in [-0.1, -0.05) is 29.8 Å². The zero-order chi connectivity index (χ0) is 22.6. The van der Waals surface area contributed by atoms with E-state index in [4.69, 9.17) is 14.0 Å². The number of benzene rings is 2. The summed E-state index contributed by atoms with van der Waals surface area (Å²) >= 11 is 0. The van der Waals surface area contributed by atoms with Crippen LogP contribution in [0.15, 0.2) is 47.4 Å². The lowest BCUT2D eigenvalue weighted by molar-refractivity contribution is -0.146. The average molecular weight is 448 g/mol. The predicted octanol–water partition coefficient (Wildman–Crippen LogP) is 2.80. The molecule has 0 bridgehead atoms. The maximum atomic E-state index is 11.7. The van der Waals surface area contributed by atoms with E-state index in [0.717, 1.165) is 37.1 Å². The van der Waals surface area contributed by atoms with Crippen LogP contribution < -0.4 is 10.1 Å². The SMILES string of the molecule is COC(=O)C1CN[C@@H]2Cc3cccc(OC)c3C[C@H]2C1.Cc1ccc(S(=O)(=O)O)cc1. The third-order valence-electron chi connectivity index (χ3n) is 5.99. The highest BCUT2D eigenvalue weighted by Crippen LogP contribution is 2.37. The third-order valence-corrected chi connectivity index (χ3v) is 6.86. The number of rotatable bonds is 3. The van der Waals surface area contributed by atoms with E-state index in [2.05, 4.69) is 17.4 Å². The van der Waals surface area contributed by atoms with Crippen LogP contribution in [-0.4, -0.2) is 45.7 Å². The first-order valence-corrected chi connectivity index (χ1v) is 11.7. The fraction of sp³-hybridized carbons (Fsp3) is 0.435. The van der Waals surface area contributed by atoms with Crippen molar-refractivity contribution in [1.29, 1.82) is 0 Å². The van der Waals surface area contributed by atoms with E-state index in [1.165, 1.54) is 30.4 Å². The Bertz CT molecular complexity index is 1020. The molecule has 8 heteroatoms. The molecule has 168 valence electrons. The first-order chi connectivity index (χ1) is 14.7. The molecule has 0 radical (unpaired) electrons. The highest BCUT2D eigenvalue weighted by atomic mass is 32.2. The summed E-state index contributed by atoms with van der Waals surface area (Å²) in [5, 5.41) is 3.52. The molecule has 1 heterocycles. The van der Waals surface area contributed by atoms with Crippen molar-refractivity contribution >= 4 is 16.1 Å². The lowest BCUT2D eigenvalue weighted by Crippen LogP contribution is -2.51. The molecule has 2 aliphatic rings. The minimum absolute atomic E-state index is 0.0162. The van der Waals surface area contributed by atoms with E-state index in [-0.39, 0.29) is 16.8 Å². The number of hydrogen-bond donors (Lipinski definition) is 2. The second-order valence-corrected chi connectivity index (χ2v) is 9.45. The Labute approximate surface area is 183 Å². The Balaban J connectivity index is 0.000000210. The quantitative estimate of drug-likeness (QED) is 0.551. The van der Waals surface area contributed by atoms with Crippen molar-refractivity contribution < 1.29 is 27.2 Å². The monoisotopic (exact) mass is 447 g/mol. The molecule has 0 spiro atoms. The molecular formula is C23H29NO6S. The number of aryl methyl sites for hydroxylation is 1. The van der Waals surface area contributed by atoms with E-state index in [1.807, 2.05) is 13.0 Å². The van der Waals surface area contributed by atoms with Crippen LogP contribution in [0, 0.1) is 18.8 Å². The van der Waals surface area contributed by atoms with Crippen molar-refractivity contribution in [2.45, 2.75) is 37.1 Å². The highest BCUT2D eigenvalue weighted by molar-refractivity contribution is 7.85. The van der Waals surface area contributed by atoms with E-state index < -0.39 is 10.1 Å². The van der Waals surface area contributed by atoms with Gasteiger partial charge >= 0.3 is 5.97 Å². The summed E-state index contributed by atoms with van der Waals surface area (Å²) in [6, 6.07) is 12.7. The van der Waals surface area contributed by atoms with Gasteiger partial charge in [-0.15, -0.1) is 0 Å². The number of carbonyl (C=O) groups excluding carboxylic acids is 1. The van der Waals surface area contributed by atoms with E-state index in [9.17, 15) is 13.2 Å². The third kappa shape index (κ3) is 5.64. The summed E-state index contributed by atoms with van der Waals surface area (Å²) in [7, 11) is -0.833.